The molecule has 1 amide bonds. The summed E-state index contributed by atoms with van der Waals surface area (Å²) in [5.41, 5.74) is 2.59. The van der Waals surface area contributed by atoms with E-state index in [1.807, 2.05) is 31.2 Å². The Hall–Kier alpha value is -2.86. The Morgan fingerprint density at radius 3 is 2.45 bits per heavy atom. The molecule has 0 atom stereocenters. The summed E-state index contributed by atoms with van der Waals surface area (Å²) in [4.78, 5) is 31.6. The molecule has 0 aliphatic carbocycles. The van der Waals surface area contributed by atoms with Gasteiger partial charge in [0.05, 0.1) is 0 Å². The summed E-state index contributed by atoms with van der Waals surface area (Å²) in [6.45, 7) is 3.04. The lowest BCUT2D eigenvalue weighted by Crippen LogP contribution is -2.40. The third kappa shape index (κ3) is 4.12. The maximum absolute atomic E-state index is 14.0. The second-order valence-electron chi connectivity index (χ2n) is 7.31. The number of carbonyl (C=O) groups excluding carboxylic acids is 2. The Morgan fingerprint density at radius 1 is 1.07 bits per heavy atom. The summed E-state index contributed by atoms with van der Waals surface area (Å²) in [7, 11) is 0. The fourth-order valence-electron chi connectivity index (χ4n) is 3.59. The van der Waals surface area contributed by atoms with Gasteiger partial charge in [-0.05, 0) is 31.9 Å². The van der Waals surface area contributed by atoms with Crippen molar-refractivity contribution in [2.75, 3.05) is 13.1 Å². The molecule has 1 aliphatic rings. The summed E-state index contributed by atoms with van der Waals surface area (Å²) < 4.78 is 14.0. The summed E-state index contributed by atoms with van der Waals surface area (Å²) >= 11 is 1.26. The normalized spacial score (nSPS) is 14.8. The van der Waals surface area contributed by atoms with Gasteiger partial charge < -0.3 is 4.90 Å². The van der Waals surface area contributed by atoms with Crippen molar-refractivity contribution in [3.05, 3.63) is 76.5 Å². The Kier molecular flexibility index (Phi) is 5.53. The van der Waals surface area contributed by atoms with Gasteiger partial charge in [0.1, 0.15) is 16.5 Å². The minimum absolute atomic E-state index is 0.0637. The lowest BCUT2D eigenvalue weighted by Gasteiger charge is -2.31. The molecule has 2 aromatic carbocycles. The van der Waals surface area contributed by atoms with Crippen molar-refractivity contribution in [1.29, 1.82) is 0 Å². The van der Waals surface area contributed by atoms with Gasteiger partial charge in [0, 0.05) is 35.5 Å². The van der Waals surface area contributed by atoms with Crippen LogP contribution in [0.3, 0.4) is 0 Å². The van der Waals surface area contributed by atoms with Crippen molar-refractivity contribution in [2.45, 2.75) is 19.8 Å². The maximum atomic E-state index is 14.0. The number of nitrogens with zero attached hydrogens (tertiary/aromatic N) is 2. The quantitative estimate of drug-likeness (QED) is 0.571. The van der Waals surface area contributed by atoms with Crippen LogP contribution < -0.4 is 0 Å². The first-order valence-corrected chi connectivity index (χ1v) is 10.5. The van der Waals surface area contributed by atoms with Crippen molar-refractivity contribution in [2.24, 2.45) is 5.92 Å². The third-order valence-electron chi connectivity index (χ3n) is 5.32. The topological polar surface area (TPSA) is 50.3 Å². The number of likely N-dealkylation sites (tertiary alicyclic amines) is 1. The molecule has 0 spiro atoms. The van der Waals surface area contributed by atoms with E-state index < -0.39 is 0 Å². The summed E-state index contributed by atoms with van der Waals surface area (Å²) in [6, 6.07) is 14.0. The average molecular weight is 408 g/mol. The molecule has 4 rings (SSSR count). The zero-order valence-corrected chi connectivity index (χ0v) is 16.9. The van der Waals surface area contributed by atoms with Crippen LogP contribution in [0.15, 0.2) is 53.9 Å². The van der Waals surface area contributed by atoms with Crippen LogP contribution in [-0.4, -0.2) is 34.7 Å². The SMILES string of the molecule is Cc1ccc(C(=O)C2CCN(C(=O)c3csc(-c4ccccc4F)n3)CC2)cc1. The number of rotatable bonds is 4. The van der Waals surface area contributed by atoms with E-state index in [1.165, 1.54) is 17.4 Å². The number of Topliss-reactive ketones (excluding diaryl/α,β-unsaturated/α-hetero) is 1. The van der Waals surface area contributed by atoms with Crippen LogP contribution in [-0.2, 0) is 0 Å². The standard InChI is InChI=1S/C23H21FN2O2S/c1-15-6-8-16(9-7-15)21(27)17-10-12-26(13-11-17)23(28)20-14-29-22(25-20)18-4-2-3-5-19(18)24/h2-9,14,17H,10-13H2,1H3. The van der Waals surface area contributed by atoms with Gasteiger partial charge in [0.2, 0.25) is 0 Å². The maximum Gasteiger partial charge on any atom is 0.273 e. The number of hydrogen-bond donors (Lipinski definition) is 0. The first-order valence-electron chi connectivity index (χ1n) is 9.63. The van der Waals surface area contributed by atoms with Crippen molar-refractivity contribution < 1.29 is 14.0 Å². The van der Waals surface area contributed by atoms with Gasteiger partial charge in [-0.2, -0.15) is 0 Å². The molecule has 2 heterocycles. The van der Waals surface area contributed by atoms with Gasteiger partial charge in [0.25, 0.3) is 5.91 Å². The number of benzene rings is 2. The van der Waals surface area contributed by atoms with E-state index in [0.717, 1.165) is 11.1 Å². The van der Waals surface area contributed by atoms with Crippen molar-refractivity contribution >= 4 is 23.0 Å². The van der Waals surface area contributed by atoms with Crippen LogP contribution in [0.2, 0.25) is 0 Å². The molecule has 1 fully saturated rings. The minimum atomic E-state index is -0.351. The van der Waals surface area contributed by atoms with E-state index in [0.29, 0.717) is 42.2 Å². The van der Waals surface area contributed by atoms with E-state index in [2.05, 4.69) is 4.98 Å². The summed E-state index contributed by atoms with van der Waals surface area (Å²) in [5.74, 6) is -0.430. The molecule has 4 nitrogen and oxygen atoms in total. The first kappa shape index (κ1) is 19.5. The number of aromatic nitrogens is 1. The molecule has 1 saturated heterocycles. The van der Waals surface area contributed by atoms with Gasteiger partial charge >= 0.3 is 0 Å². The third-order valence-corrected chi connectivity index (χ3v) is 6.19. The van der Waals surface area contributed by atoms with Gasteiger partial charge in [-0.3, -0.25) is 9.59 Å². The van der Waals surface area contributed by atoms with Crippen LogP contribution >= 0.6 is 11.3 Å². The minimum Gasteiger partial charge on any atom is -0.337 e. The molecule has 3 aromatic rings. The Bertz CT molecular complexity index is 1040. The molecule has 0 radical (unpaired) electrons. The van der Waals surface area contributed by atoms with E-state index in [9.17, 15) is 14.0 Å². The first-order chi connectivity index (χ1) is 14.0. The Balaban J connectivity index is 1.40. The fourth-order valence-corrected chi connectivity index (χ4v) is 4.41. The van der Waals surface area contributed by atoms with Gasteiger partial charge in [0.15, 0.2) is 5.78 Å². The second kappa shape index (κ2) is 8.25. The highest BCUT2D eigenvalue weighted by molar-refractivity contribution is 7.13. The van der Waals surface area contributed by atoms with Crippen LogP contribution in [0, 0.1) is 18.7 Å². The lowest BCUT2D eigenvalue weighted by molar-refractivity contribution is 0.0646. The lowest BCUT2D eigenvalue weighted by atomic mass is 9.88. The number of piperidine rings is 1. The smallest absolute Gasteiger partial charge is 0.273 e. The van der Waals surface area contributed by atoms with Crippen LogP contribution in [0.5, 0.6) is 0 Å². The highest BCUT2D eigenvalue weighted by atomic mass is 32.1. The van der Waals surface area contributed by atoms with Crippen molar-refractivity contribution in [3.63, 3.8) is 0 Å². The van der Waals surface area contributed by atoms with Gasteiger partial charge in [-0.15, -0.1) is 11.3 Å². The van der Waals surface area contributed by atoms with Crippen molar-refractivity contribution in [1.82, 2.24) is 9.88 Å². The number of carbonyl (C=O) groups is 2. The molecule has 29 heavy (non-hydrogen) atoms. The monoisotopic (exact) mass is 408 g/mol. The number of thiazole rings is 1. The molecular weight excluding hydrogens is 387 g/mol. The summed E-state index contributed by atoms with van der Waals surface area (Å²) in [6.07, 6.45) is 1.28. The molecule has 1 aromatic heterocycles. The van der Waals surface area contributed by atoms with E-state index in [-0.39, 0.29) is 23.4 Å². The molecule has 0 saturated carbocycles. The number of amides is 1. The number of ketones is 1. The van der Waals surface area contributed by atoms with E-state index in [4.69, 9.17) is 0 Å². The molecular formula is C23H21FN2O2S. The van der Waals surface area contributed by atoms with Crippen LogP contribution in [0.1, 0.15) is 39.3 Å². The van der Waals surface area contributed by atoms with Gasteiger partial charge in [-0.1, -0.05) is 42.0 Å². The fraction of sp³-hybridized carbons (Fsp3) is 0.261. The highest BCUT2D eigenvalue weighted by Gasteiger charge is 2.29. The predicted molar refractivity (Wildman–Crippen MR) is 112 cm³/mol. The number of halogens is 1. The molecule has 0 bridgehead atoms. The van der Waals surface area contributed by atoms with Crippen LogP contribution in [0.4, 0.5) is 4.39 Å². The number of aryl methyl sites for hydroxylation is 1. The molecule has 0 N–H and O–H groups in total. The largest absolute Gasteiger partial charge is 0.337 e. The van der Waals surface area contributed by atoms with E-state index >= 15 is 0 Å². The van der Waals surface area contributed by atoms with E-state index in [1.54, 1.807) is 28.5 Å². The van der Waals surface area contributed by atoms with Crippen molar-refractivity contribution in [3.8, 4) is 10.6 Å². The Morgan fingerprint density at radius 2 is 1.76 bits per heavy atom. The van der Waals surface area contributed by atoms with Gasteiger partial charge in [-0.25, -0.2) is 9.37 Å². The number of hydrogen-bond acceptors (Lipinski definition) is 4. The summed E-state index contributed by atoms with van der Waals surface area (Å²) in [5, 5.41) is 2.17. The molecule has 1 aliphatic heterocycles. The molecule has 148 valence electrons. The zero-order valence-electron chi connectivity index (χ0n) is 16.1. The Labute approximate surface area is 173 Å². The highest BCUT2D eigenvalue weighted by Crippen LogP contribution is 2.28. The average Bonchev–Trinajstić information content (AvgIpc) is 3.24. The molecule has 0 unspecified atom stereocenters. The second-order valence-corrected chi connectivity index (χ2v) is 8.17. The van der Waals surface area contributed by atoms with Crippen LogP contribution in [0.25, 0.3) is 10.6 Å². The molecule has 6 heteroatoms. The predicted octanol–water partition coefficient (Wildman–Crippen LogP) is 4.99. The zero-order chi connectivity index (χ0) is 20.4.